The van der Waals surface area contributed by atoms with E-state index in [9.17, 15) is 4.79 Å². The van der Waals surface area contributed by atoms with Crippen molar-refractivity contribution in [3.05, 3.63) is 11.8 Å². The molecule has 2 heterocycles. The maximum absolute atomic E-state index is 11.2. The Bertz CT molecular complexity index is 401. The van der Waals surface area contributed by atoms with Crippen LogP contribution in [-0.2, 0) is 18.3 Å². The third-order valence-electron chi connectivity index (χ3n) is 2.04. The molecule has 1 atom stereocenters. The van der Waals surface area contributed by atoms with E-state index in [1.165, 1.54) is 0 Å². The number of aromatic nitrogens is 2. The van der Waals surface area contributed by atoms with Crippen molar-refractivity contribution in [1.29, 1.82) is 5.26 Å². The van der Waals surface area contributed by atoms with Crippen LogP contribution in [0.15, 0.2) is 6.20 Å². The van der Waals surface area contributed by atoms with Crippen LogP contribution in [0.4, 0.5) is 5.82 Å². The molecule has 1 N–H and O–H groups in total. The van der Waals surface area contributed by atoms with Gasteiger partial charge in [0.1, 0.15) is 5.92 Å². The maximum atomic E-state index is 11.2. The van der Waals surface area contributed by atoms with E-state index in [4.69, 9.17) is 5.26 Å². The first-order valence-electron chi connectivity index (χ1n) is 3.93. The Morgan fingerprint density at radius 3 is 3.31 bits per heavy atom. The summed E-state index contributed by atoms with van der Waals surface area (Å²) in [6.07, 6.45) is 2.28. The second-order valence-electron chi connectivity index (χ2n) is 3.05. The van der Waals surface area contributed by atoms with Gasteiger partial charge in [0.05, 0.1) is 6.07 Å². The molecule has 0 aliphatic carbocycles. The number of aryl methyl sites for hydroxylation is 1. The molecule has 0 saturated carbocycles. The van der Waals surface area contributed by atoms with E-state index in [0.717, 1.165) is 5.56 Å². The number of rotatable bonds is 0. The highest BCUT2D eigenvalue weighted by Crippen LogP contribution is 2.22. The first kappa shape index (κ1) is 7.80. The second kappa shape index (κ2) is 2.59. The molecule has 2 rings (SSSR count). The zero-order valence-corrected chi connectivity index (χ0v) is 7.11. The molecule has 1 amide bonds. The molecule has 0 bridgehead atoms. The van der Waals surface area contributed by atoms with Crippen LogP contribution < -0.4 is 5.32 Å². The van der Waals surface area contributed by atoms with Crippen molar-refractivity contribution in [2.24, 2.45) is 13.0 Å². The fourth-order valence-corrected chi connectivity index (χ4v) is 1.41. The minimum atomic E-state index is -0.573. The minimum Gasteiger partial charge on any atom is -0.308 e. The Kier molecular flexibility index (Phi) is 1.55. The maximum Gasteiger partial charge on any atom is 0.243 e. The van der Waals surface area contributed by atoms with Gasteiger partial charge in [0, 0.05) is 25.2 Å². The van der Waals surface area contributed by atoms with E-state index in [0.29, 0.717) is 12.2 Å². The number of nitrogens with zero attached hydrogens (tertiary/aromatic N) is 3. The number of nitrogens with one attached hydrogen (secondary N) is 1. The predicted octanol–water partition coefficient (Wildman–Crippen LogP) is 0.0545. The summed E-state index contributed by atoms with van der Waals surface area (Å²) < 4.78 is 1.63. The van der Waals surface area contributed by atoms with Crippen LogP contribution in [0, 0.1) is 17.2 Å². The number of carbonyl (C=O) groups is 1. The number of fused-ring (bicyclic) bond motifs is 1. The van der Waals surface area contributed by atoms with Crippen molar-refractivity contribution in [2.75, 3.05) is 5.32 Å². The highest BCUT2D eigenvalue weighted by atomic mass is 16.2. The number of amides is 1. The van der Waals surface area contributed by atoms with Crippen LogP contribution in [0.5, 0.6) is 0 Å². The van der Waals surface area contributed by atoms with Gasteiger partial charge < -0.3 is 5.32 Å². The molecule has 1 unspecified atom stereocenters. The molecule has 0 radical (unpaired) electrons. The summed E-state index contributed by atoms with van der Waals surface area (Å²) in [7, 11) is 1.78. The Hall–Kier alpha value is -1.83. The van der Waals surface area contributed by atoms with Crippen LogP contribution in [0.2, 0.25) is 0 Å². The van der Waals surface area contributed by atoms with Crippen molar-refractivity contribution < 1.29 is 4.79 Å². The number of anilines is 1. The van der Waals surface area contributed by atoms with Gasteiger partial charge in [-0.2, -0.15) is 10.4 Å². The largest absolute Gasteiger partial charge is 0.308 e. The van der Waals surface area contributed by atoms with E-state index in [-0.39, 0.29) is 5.91 Å². The van der Waals surface area contributed by atoms with Crippen LogP contribution in [-0.4, -0.2) is 15.7 Å². The summed E-state index contributed by atoms with van der Waals surface area (Å²) in [5, 5.41) is 15.3. The van der Waals surface area contributed by atoms with Crippen molar-refractivity contribution in [3.63, 3.8) is 0 Å². The molecule has 0 spiro atoms. The predicted molar refractivity (Wildman–Crippen MR) is 44.6 cm³/mol. The normalized spacial score (nSPS) is 20.3. The summed E-state index contributed by atoms with van der Waals surface area (Å²) in [4.78, 5) is 11.2. The van der Waals surface area contributed by atoms with Crippen LogP contribution in [0.1, 0.15) is 5.56 Å². The summed E-state index contributed by atoms with van der Waals surface area (Å²) in [5.41, 5.74) is 0.925. The second-order valence-corrected chi connectivity index (χ2v) is 3.05. The Balaban J connectivity index is 2.39. The van der Waals surface area contributed by atoms with Crippen LogP contribution in [0.25, 0.3) is 0 Å². The van der Waals surface area contributed by atoms with E-state index in [2.05, 4.69) is 10.4 Å². The molecule has 1 aliphatic rings. The minimum absolute atomic E-state index is 0.256. The molecular weight excluding hydrogens is 168 g/mol. The summed E-state index contributed by atoms with van der Waals surface area (Å²) in [5.74, 6) is -0.246. The lowest BCUT2D eigenvalue weighted by atomic mass is 9.98. The van der Waals surface area contributed by atoms with Gasteiger partial charge in [-0.1, -0.05) is 0 Å². The number of nitriles is 1. The zero-order valence-electron chi connectivity index (χ0n) is 7.11. The Morgan fingerprint density at radius 1 is 1.85 bits per heavy atom. The van der Waals surface area contributed by atoms with Gasteiger partial charge in [-0.05, 0) is 0 Å². The standard InChI is InChI=1S/C8H8N4O/c1-12-4-6-2-5(3-9)8(13)10-7(6)11-12/h4-5H,2H2,1H3,(H,10,11,13). The van der Waals surface area contributed by atoms with E-state index < -0.39 is 5.92 Å². The fourth-order valence-electron chi connectivity index (χ4n) is 1.41. The zero-order chi connectivity index (χ0) is 9.42. The topological polar surface area (TPSA) is 70.7 Å². The lowest BCUT2D eigenvalue weighted by Gasteiger charge is -2.14. The molecule has 1 aromatic rings. The summed E-state index contributed by atoms with van der Waals surface area (Å²) in [6.45, 7) is 0. The van der Waals surface area contributed by atoms with Crippen molar-refractivity contribution in [1.82, 2.24) is 9.78 Å². The van der Waals surface area contributed by atoms with E-state index in [1.807, 2.05) is 12.3 Å². The molecule has 5 nitrogen and oxygen atoms in total. The monoisotopic (exact) mass is 176 g/mol. The number of carbonyl (C=O) groups excluding carboxylic acids is 1. The lowest BCUT2D eigenvalue weighted by molar-refractivity contribution is -0.118. The first-order chi connectivity index (χ1) is 6.20. The third kappa shape index (κ3) is 1.16. The summed E-state index contributed by atoms with van der Waals surface area (Å²) >= 11 is 0. The molecule has 13 heavy (non-hydrogen) atoms. The number of hydrogen-bond acceptors (Lipinski definition) is 3. The highest BCUT2D eigenvalue weighted by molar-refractivity contribution is 5.96. The summed E-state index contributed by atoms with van der Waals surface area (Å²) in [6, 6.07) is 1.95. The van der Waals surface area contributed by atoms with Crippen LogP contribution >= 0.6 is 0 Å². The molecule has 66 valence electrons. The van der Waals surface area contributed by atoms with Gasteiger partial charge in [0.15, 0.2) is 5.82 Å². The third-order valence-corrected chi connectivity index (χ3v) is 2.04. The SMILES string of the molecule is Cn1cc2c(n1)NC(=O)C(C#N)C2. The van der Waals surface area contributed by atoms with Crippen molar-refractivity contribution in [2.45, 2.75) is 6.42 Å². The fraction of sp³-hybridized carbons (Fsp3) is 0.375. The van der Waals surface area contributed by atoms with Gasteiger partial charge in [0.2, 0.25) is 5.91 Å². The highest BCUT2D eigenvalue weighted by Gasteiger charge is 2.27. The van der Waals surface area contributed by atoms with E-state index >= 15 is 0 Å². The van der Waals surface area contributed by atoms with E-state index in [1.54, 1.807) is 11.7 Å². The Labute approximate surface area is 75.0 Å². The molecule has 1 aromatic heterocycles. The van der Waals surface area contributed by atoms with Gasteiger partial charge in [-0.15, -0.1) is 0 Å². The molecule has 1 aliphatic heterocycles. The number of hydrogen-bond donors (Lipinski definition) is 1. The molecule has 0 fully saturated rings. The average Bonchev–Trinajstić information content (AvgIpc) is 2.42. The smallest absolute Gasteiger partial charge is 0.243 e. The molecule has 0 saturated heterocycles. The Morgan fingerprint density at radius 2 is 2.62 bits per heavy atom. The molecule has 0 aromatic carbocycles. The van der Waals surface area contributed by atoms with Crippen molar-refractivity contribution >= 4 is 11.7 Å². The quantitative estimate of drug-likeness (QED) is 0.607. The van der Waals surface area contributed by atoms with Crippen molar-refractivity contribution in [3.8, 4) is 6.07 Å². The lowest BCUT2D eigenvalue weighted by Crippen LogP contribution is -2.28. The molecular formula is C8H8N4O. The van der Waals surface area contributed by atoms with Crippen LogP contribution in [0.3, 0.4) is 0 Å². The van der Waals surface area contributed by atoms with Gasteiger partial charge in [0.25, 0.3) is 0 Å². The first-order valence-corrected chi connectivity index (χ1v) is 3.93. The van der Waals surface area contributed by atoms with Gasteiger partial charge in [-0.3, -0.25) is 9.48 Å². The average molecular weight is 176 g/mol. The van der Waals surface area contributed by atoms with Gasteiger partial charge >= 0.3 is 0 Å². The van der Waals surface area contributed by atoms with Gasteiger partial charge in [-0.25, -0.2) is 0 Å². The molecule has 5 heteroatoms.